The zero-order chi connectivity index (χ0) is 75.8. The maximum atomic E-state index is 13.1. The van der Waals surface area contributed by atoms with E-state index in [1.54, 1.807) is 0 Å². The molecule has 103 heavy (non-hydrogen) atoms. The standard InChI is InChI=1S/C84H164O17P2/c1-8-9-10-11-41-51-58-65-81(86)94-71-79(100-83(88)67-61-54-47-40-34-28-22-16-19-25-31-37-44-50-57-64-77(6)7)73-98-102(90,91)96-69-78(85)70-97-103(92,93)99-74-80(101-84(89)68-60-53-46-39-33-27-21-15-13-18-24-30-36-43-49-56-63-76(4)5)72-95-82(87)66-59-52-45-38-32-26-20-14-12-17-23-29-35-42-48-55-62-75(2)3/h75-80,85H,8-74H2,1-7H3,(H,90,91)(H,92,93)/t78-,79+,80+/m0/s1. The molecule has 0 fully saturated rings. The molecule has 2 unspecified atom stereocenters. The van der Waals surface area contributed by atoms with Crippen LogP contribution < -0.4 is 0 Å². The van der Waals surface area contributed by atoms with Crippen LogP contribution in [-0.4, -0.2) is 96.7 Å². The van der Waals surface area contributed by atoms with Crippen LogP contribution in [0.3, 0.4) is 0 Å². The van der Waals surface area contributed by atoms with Gasteiger partial charge in [-0.05, 0) is 43.4 Å². The average molecular weight is 1510 g/mol. The number of aliphatic hydroxyl groups excluding tert-OH is 1. The molecule has 17 nitrogen and oxygen atoms in total. The number of rotatable bonds is 82. The molecule has 0 aromatic rings. The molecule has 0 amide bonds. The van der Waals surface area contributed by atoms with Crippen molar-refractivity contribution in [3.63, 3.8) is 0 Å². The Morgan fingerprint density at radius 3 is 0.660 bits per heavy atom. The molecule has 19 heteroatoms. The van der Waals surface area contributed by atoms with Gasteiger partial charge in [0.25, 0.3) is 0 Å². The van der Waals surface area contributed by atoms with E-state index in [9.17, 15) is 43.2 Å². The van der Waals surface area contributed by atoms with Crippen LogP contribution in [0, 0.1) is 17.8 Å². The Hall–Kier alpha value is -1.94. The van der Waals surface area contributed by atoms with E-state index in [2.05, 4.69) is 48.5 Å². The van der Waals surface area contributed by atoms with E-state index in [1.807, 2.05) is 0 Å². The largest absolute Gasteiger partial charge is 0.472 e. The lowest BCUT2D eigenvalue weighted by Gasteiger charge is -2.21. The molecule has 0 aliphatic rings. The van der Waals surface area contributed by atoms with E-state index in [-0.39, 0.29) is 25.7 Å². The molecule has 0 saturated heterocycles. The molecule has 0 radical (unpaired) electrons. The molecule has 3 N–H and O–H groups in total. The van der Waals surface area contributed by atoms with Gasteiger partial charge >= 0.3 is 39.5 Å². The minimum Gasteiger partial charge on any atom is -0.462 e. The molecular formula is C84H164O17P2. The predicted molar refractivity (Wildman–Crippen MR) is 423 cm³/mol. The maximum absolute atomic E-state index is 13.1. The van der Waals surface area contributed by atoms with E-state index in [0.29, 0.717) is 25.7 Å². The minimum atomic E-state index is -4.96. The third kappa shape index (κ3) is 78.0. The first kappa shape index (κ1) is 101. The van der Waals surface area contributed by atoms with E-state index < -0.39 is 97.5 Å². The Bertz CT molecular complexity index is 1990. The van der Waals surface area contributed by atoms with E-state index >= 15 is 0 Å². The summed E-state index contributed by atoms with van der Waals surface area (Å²) in [7, 11) is -9.92. The van der Waals surface area contributed by atoms with Gasteiger partial charge in [-0.15, -0.1) is 0 Å². The SMILES string of the molecule is CCCCCCCCCC(=O)OC[C@H](COP(=O)(O)OC[C@H](O)COP(=O)(O)OC[C@@H](COC(=O)CCCCCCCCCCCCCCCCCCC(C)C)OC(=O)CCCCCCCCCCCCCCCCCCC(C)C)OC(=O)CCCCCCCCCCCCCCCCCC(C)C. The summed E-state index contributed by atoms with van der Waals surface area (Å²) < 4.78 is 68.7. The normalized spacial score (nSPS) is 13.9. The Morgan fingerprint density at radius 1 is 0.262 bits per heavy atom. The fourth-order valence-electron chi connectivity index (χ4n) is 13.0. The molecule has 0 rings (SSSR count). The van der Waals surface area contributed by atoms with Crippen LogP contribution in [0.2, 0.25) is 0 Å². The molecule has 0 spiro atoms. The molecular weight excluding hydrogens is 1340 g/mol. The van der Waals surface area contributed by atoms with Crippen LogP contribution >= 0.6 is 15.6 Å². The molecule has 0 bridgehead atoms. The van der Waals surface area contributed by atoms with Crippen molar-refractivity contribution in [2.24, 2.45) is 17.8 Å². The fourth-order valence-corrected chi connectivity index (χ4v) is 14.6. The molecule has 0 aliphatic carbocycles. The highest BCUT2D eigenvalue weighted by Gasteiger charge is 2.30. The van der Waals surface area contributed by atoms with Crippen LogP contribution in [0.15, 0.2) is 0 Å². The van der Waals surface area contributed by atoms with Crippen molar-refractivity contribution in [3.8, 4) is 0 Å². The first-order chi connectivity index (χ1) is 49.7. The van der Waals surface area contributed by atoms with Gasteiger partial charge in [0.15, 0.2) is 12.2 Å². The van der Waals surface area contributed by atoms with Crippen LogP contribution in [0.1, 0.15) is 440 Å². The summed E-state index contributed by atoms with van der Waals surface area (Å²) in [6, 6.07) is 0. The first-order valence-corrected chi connectivity index (χ1v) is 46.3. The van der Waals surface area contributed by atoms with Crippen LogP contribution in [0.25, 0.3) is 0 Å². The van der Waals surface area contributed by atoms with Gasteiger partial charge in [-0.3, -0.25) is 37.3 Å². The number of esters is 4. The molecule has 0 aromatic carbocycles. The van der Waals surface area contributed by atoms with Gasteiger partial charge in [0.05, 0.1) is 26.4 Å². The van der Waals surface area contributed by atoms with Crippen LogP contribution in [0.4, 0.5) is 0 Å². The minimum absolute atomic E-state index is 0.107. The van der Waals surface area contributed by atoms with Gasteiger partial charge in [-0.1, -0.05) is 389 Å². The van der Waals surface area contributed by atoms with E-state index in [1.165, 1.54) is 238 Å². The smallest absolute Gasteiger partial charge is 0.462 e. The van der Waals surface area contributed by atoms with Gasteiger partial charge in [-0.25, -0.2) is 9.13 Å². The van der Waals surface area contributed by atoms with Crippen molar-refractivity contribution in [2.75, 3.05) is 39.6 Å². The Kier molecular flexibility index (Phi) is 72.8. The molecule has 5 atom stereocenters. The Balaban J connectivity index is 5.17. The van der Waals surface area contributed by atoms with Gasteiger partial charge in [0.1, 0.15) is 19.3 Å². The number of phosphoric acid groups is 2. The van der Waals surface area contributed by atoms with Gasteiger partial charge in [-0.2, -0.15) is 0 Å². The number of phosphoric ester groups is 2. The van der Waals surface area contributed by atoms with Crippen LogP contribution in [0.5, 0.6) is 0 Å². The van der Waals surface area contributed by atoms with Crippen molar-refractivity contribution in [1.29, 1.82) is 0 Å². The lowest BCUT2D eigenvalue weighted by molar-refractivity contribution is -0.161. The van der Waals surface area contributed by atoms with Gasteiger partial charge in [0, 0.05) is 25.7 Å². The predicted octanol–water partition coefficient (Wildman–Crippen LogP) is 25.3. The van der Waals surface area contributed by atoms with Crippen molar-refractivity contribution in [2.45, 2.75) is 458 Å². The second-order valence-corrected chi connectivity index (χ2v) is 34.6. The number of ether oxygens (including phenoxy) is 4. The topological polar surface area (TPSA) is 237 Å². The quantitative estimate of drug-likeness (QED) is 0.0222. The summed E-state index contributed by atoms with van der Waals surface area (Å²) in [5.74, 6) is 0.314. The summed E-state index contributed by atoms with van der Waals surface area (Å²) in [6.07, 6.45) is 64.0. The van der Waals surface area contributed by atoms with Gasteiger partial charge in [0.2, 0.25) is 0 Å². The number of carbonyl (C=O) groups is 4. The van der Waals surface area contributed by atoms with Crippen molar-refractivity contribution in [1.82, 2.24) is 0 Å². The summed E-state index contributed by atoms with van der Waals surface area (Å²) in [5.41, 5.74) is 0. The van der Waals surface area contributed by atoms with Crippen LogP contribution in [-0.2, 0) is 65.4 Å². The first-order valence-electron chi connectivity index (χ1n) is 43.3. The summed E-state index contributed by atoms with van der Waals surface area (Å²) in [4.78, 5) is 73.0. The van der Waals surface area contributed by atoms with Crippen molar-refractivity contribution < 1.29 is 80.2 Å². The summed E-state index contributed by atoms with van der Waals surface area (Å²) >= 11 is 0. The van der Waals surface area contributed by atoms with E-state index in [4.69, 9.17) is 37.0 Å². The lowest BCUT2D eigenvalue weighted by Crippen LogP contribution is -2.30. The van der Waals surface area contributed by atoms with E-state index in [0.717, 1.165) is 120 Å². The summed E-state index contributed by atoms with van der Waals surface area (Å²) in [6.45, 7) is 12.0. The zero-order valence-corrected chi connectivity index (χ0v) is 69.6. The third-order valence-corrected chi connectivity index (χ3v) is 21.5. The number of unbranched alkanes of at least 4 members (excludes halogenated alkanes) is 50. The fraction of sp³-hybridized carbons (Fsp3) is 0.952. The molecule has 0 saturated carbocycles. The average Bonchev–Trinajstić information content (AvgIpc) is 0.907. The Morgan fingerprint density at radius 2 is 0.447 bits per heavy atom. The molecule has 0 heterocycles. The number of aliphatic hydroxyl groups is 1. The lowest BCUT2D eigenvalue weighted by atomic mass is 10.0. The summed E-state index contributed by atoms with van der Waals surface area (Å²) in [5, 5.41) is 10.6. The maximum Gasteiger partial charge on any atom is 0.472 e. The second-order valence-electron chi connectivity index (χ2n) is 31.6. The number of hydrogen-bond acceptors (Lipinski definition) is 15. The number of carbonyl (C=O) groups excluding carboxylic acids is 4. The molecule has 0 aromatic heterocycles. The monoisotopic (exact) mass is 1510 g/mol. The third-order valence-electron chi connectivity index (χ3n) is 19.6. The number of hydrogen-bond donors (Lipinski definition) is 3. The van der Waals surface area contributed by atoms with Crippen molar-refractivity contribution >= 4 is 39.5 Å². The zero-order valence-electron chi connectivity index (χ0n) is 67.8. The molecule has 612 valence electrons. The second kappa shape index (κ2) is 74.2. The highest BCUT2D eigenvalue weighted by Crippen LogP contribution is 2.45. The highest BCUT2D eigenvalue weighted by molar-refractivity contribution is 7.47. The van der Waals surface area contributed by atoms with Gasteiger partial charge < -0.3 is 33.8 Å². The van der Waals surface area contributed by atoms with Crippen molar-refractivity contribution in [3.05, 3.63) is 0 Å². The molecule has 0 aliphatic heterocycles. The highest BCUT2D eigenvalue weighted by atomic mass is 31.2. The Labute approximate surface area is 632 Å².